The van der Waals surface area contributed by atoms with Crippen LogP contribution in [0.5, 0.6) is 5.75 Å². The number of carbonyl (C=O) groups is 2. The predicted octanol–water partition coefficient (Wildman–Crippen LogP) is -0.505. The zero-order valence-corrected chi connectivity index (χ0v) is 9.74. The lowest BCUT2D eigenvalue weighted by Gasteiger charge is -2.04. The number of hydrogen-bond donors (Lipinski definition) is 2. The molecule has 0 bridgehead atoms. The molecule has 1 aromatic rings. The maximum atomic E-state index is 12.2. The van der Waals surface area contributed by atoms with Crippen molar-refractivity contribution < 1.29 is 26.1 Å². The van der Waals surface area contributed by atoms with Crippen molar-refractivity contribution in [1.29, 1.82) is 0 Å². The average Bonchev–Trinajstić information content (AvgIpc) is 2.24. The molecule has 1 rings (SSSR count). The van der Waals surface area contributed by atoms with Crippen molar-refractivity contribution >= 4 is 22.3 Å². The van der Waals surface area contributed by atoms with Gasteiger partial charge in [-0.05, 0) is 24.3 Å². The SMILES string of the molecule is NC(=O)CNC(=O)c1ccc(OS(=O)(=O)F)cc1. The van der Waals surface area contributed by atoms with E-state index in [0.29, 0.717) is 0 Å². The fraction of sp³-hybridized carbons (Fsp3) is 0.111. The van der Waals surface area contributed by atoms with Crippen LogP contribution < -0.4 is 15.2 Å². The number of hydrogen-bond acceptors (Lipinski definition) is 5. The van der Waals surface area contributed by atoms with Crippen molar-refractivity contribution in [1.82, 2.24) is 5.32 Å². The minimum absolute atomic E-state index is 0.139. The van der Waals surface area contributed by atoms with Gasteiger partial charge in [0.25, 0.3) is 5.91 Å². The molecule has 2 amide bonds. The Balaban J connectivity index is 2.71. The molecule has 0 aliphatic rings. The maximum absolute atomic E-state index is 12.2. The number of primary amides is 1. The molecule has 0 saturated carbocycles. The Bertz CT molecular complexity index is 555. The number of rotatable bonds is 5. The first-order chi connectivity index (χ1) is 8.28. The molecule has 0 atom stereocenters. The van der Waals surface area contributed by atoms with Crippen LogP contribution >= 0.6 is 0 Å². The van der Waals surface area contributed by atoms with E-state index in [1.807, 2.05) is 0 Å². The lowest BCUT2D eigenvalue weighted by molar-refractivity contribution is -0.117. The van der Waals surface area contributed by atoms with E-state index in [2.05, 4.69) is 9.50 Å². The largest absolute Gasteiger partial charge is 0.488 e. The van der Waals surface area contributed by atoms with Gasteiger partial charge in [0.2, 0.25) is 5.91 Å². The van der Waals surface area contributed by atoms with Crippen LogP contribution in [0.2, 0.25) is 0 Å². The Morgan fingerprint density at radius 3 is 2.28 bits per heavy atom. The van der Waals surface area contributed by atoms with Gasteiger partial charge in [0.1, 0.15) is 5.75 Å². The third-order valence-corrected chi connectivity index (χ3v) is 2.13. The normalized spacial score (nSPS) is 10.7. The Kier molecular flexibility index (Phi) is 4.21. The smallest absolute Gasteiger partial charge is 0.368 e. The van der Waals surface area contributed by atoms with Gasteiger partial charge in [-0.15, -0.1) is 0 Å². The highest BCUT2D eigenvalue weighted by Gasteiger charge is 2.11. The third-order valence-electron chi connectivity index (χ3n) is 1.74. The molecule has 0 heterocycles. The van der Waals surface area contributed by atoms with Crippen molar-refractivity contribution in [2.24, 2.45) is 5.73 Å². The summed E-state index contributed by atoms with van der Waals surface area (Å²) in [5, 5.41) is 2.22. The van der Waals surface area contributed by atoms with Gasteiger partial charge in [0, 0.05) is 5.56 Å². The number of halogens is 1. The Hall–Kier alpha value is -2.16. The molecular formula is C9H9FN2O5S. The molecule has 0 saturated heterocycles. The summed E-state index contributed by atoms with van der Waals surface area (Å²) in [7, 11) is -5.09. The van der Waals surface area contributed by atoms with E-state index in [0.717, 1.165) is 12.1 Å². The molecular weight excluding hydrogens is 267 g/mol. The van der Waals surface area contributed by atoms with Crippen LogP contribution in [-0.4, -0.2) is 26.8 Å². The summed E-state index contributed by atoms with van der Waals surface area (Å²) in [5.74, 6) is -1.56. The van der Waals surface area contributed by atoms with Crippen LogP contribution in [0.3, 0.4) is 0 Å². The lowest BCUT2D eigenvalue weighted by atomic mass is 10.2. The highest BCUT2D eigenvalue weighted by Crippen LogP contribution is 2.14. The van der Waals surface area contributed by atoms with E-state index >= 15 is 0 Å². The molecule has 3 N–H and O–H groups in total. The quantitative estimate of drug-likeness (QED) is 0.703. The van der Waals surface area contributed by atoms with Gasteiger partial charge in [0.15, 0.2) is 0 Å². The molecule has 0 aromatic heterocycles. The van der Waals surface area contributed by atoms with Crippen molar-refractivity contribution in [3.63, 3.8) is 0 Å². The summed E-state index contributed by atoms with van der Waals surface area (Å²) in [6, 6.07) is 4.60. The zero-order chi connectivity index (χ0) is 13.8. The fourth-order valence-electron chi connectivity index (χ4n) is 1.05. The molecule has 0 radical (unpaired) electrons. The topological polar surface area (TPSA) is 116 Å². The molecule has 0 unspecified atom stereocenters. The Morgan fingerprint density at radius 1 is 1.28 bits per heavy atom. The van der Waals surface area contributed by atoms with Crippen LogP contribution in [-0.2, 0) is 15.3 Å². The van der Waals surface area contributed by atoms with E-state index in [1.54, 1.807) is 0 Å². The molecule has 0 spiro atoms. The first-order valence-corrected chi connectivity index (χ1v) is 5.89. The van der Waals surface area contributed by atoms with Crippen LogP contribution in [0.1, 0.15) is 10.4 Å². The second-order valence-electron chi connectivity index (χ2n) is 3.15. The summed E-state index contributed by atoms with van der Waals surface area (Å²) in [5.41, 5.74) is 4.97. The minimum atomic E-state index is -5.09. The summed E-state index contributed by atoms with van der Waals surface area (Å²) in [6.07, 6.45) is 0. The van der Waals surface area contributed by atoms with Gasteiger partial charge >= 0.3 is 10.5 Å². The van der Waals surface area contributed by atoms with Gasteiger partial charge in [-0.3, -0.25) is 9.59 Å². The Morgan fingerprint density at radius 2 is 1.83 bits per heavy atom. The third kappa shape index (κ3) is 4.78. The fourth-order valence-corrected chi connectivity index (χ4v) is 1.39. The molecule has 1 aromatic carbocycles. The molecule has 0 aliphatic heterocycles. The van der Waals surface area contributed by atoms with Gasteiger partial charge in [-0.1, -0.05) is 3.89 Å². The second kappa shape index (κ2) is 5.45. The minimum Gasteiger partial charge on any atom is -0.368 e. The average molecular weight is 276 g/mol. The van der Waals surface area contributed by atoms with Gasteiger partial charge < -0.3 is 15.2 Å². The van der Waals surface area contributed by atoms with E-state index in [-0.39, 0.29) is 17.9 Å². The number of benzene rings is 1. The van der Waals surface area contributed by atoms with Crippen molar-refractivity contribution in [3.05, 3.63) is 29.8 Å². The highest BCUT2D eigenvalue weighted by molar-refractivity contribution is 7.81. The first-order valence-electron chi connectivity index (χ1n) is 4.58. The van der Waals surface area contributed by atoms with E-state index in [1.165, 1.54) is 12.1 Å². The maximum Gasteiger partial charge on any atom is 0.488 e. The number of carbonyl (C=O) groups excluding carboxylic acids is 2. The standard InChI is InChI=1S/C9H9FN2O5S/c10-18(15,16)17-7-3-1-6(2-4-7)9(14)12-5-8(11)13/h1-4H,5H2,(H2,11,13)(H,12,14). The van der Waals surface area contributed by atoms with E-state index < -0.39 is 22.3 Å². The number of amides is 2. The number of nitrogens with two attached hydrogens (primary N) is 1. The van der Waals surface area contributed by atoms with Crippen LogP contribution in [0.4, 0.5) is 3.89 Å². The first kappa shape index (κ1) is 13.9. The van der Waals surface area contributed by atoms with Crippen LogP contribution in [0.25, 0.3) is 0 Å². The predicted molar refractivity (Wildman–Crippen MR) is 58.6 cm³/mol. The van der Waals surface area contributed by atoms with Crippen molar-refractivity contribution in [3.8, 4) is 5.75 Å². The lowest BCUT2D eigenvalue weighted by Crippen LogP contribution is -2.33. The summed E-state index contributed by atoms with van der Waals surface area (Å²) < 4.78 is 36.5. The molecule has 98 valence electrons. The summed E-state index contributed by atoms with van der Waals surface area (Å²) in [4.78, 5) is 21.8. The van der Waals surface area contributed by atoms with Crippen LogP contribution in [0.15, 0.2) is 24.3 Å². The molecule has 0 aliphatic carbocycles. The molecule has 7 nitrogen and oxygen atoms in total. The van der Waals surface area contributed by atoms with Crippen molar-refractivity contribution in [2.45, 2.75) is 0 Å². The monoisotopic (exact) mass is 276 g/mol. The second-order valence-corrected chi connectivity index (χ2v) is 4.10. The van der Waals surface area contributed by atoms with Gasteiger partial charge in [-0.2, -0.15) is 8.42 Å². The van der Waals surface area contributed by atoms with E-state index in [9.17, 15) is 21.9 Å². The highest BCUT2D eigenvalue weighted by atomic mass is 32.3. The number of nitrogens with one attached hydrogen (secondary N) is 1. The summed E-state index contributed by atoms with van der Waals surface area (Å²) >= 11 is 0. The molecule has 0 fully saturated rings. The zero-order valence-electron chi connectivity index (χ0n) is 8.92. The van der Waals surface area contributed by atoms with Crippen LogP contribution in [0, 0.1) is 0 Å². The van der Waals surface area contributed by atoms with Gasteiger partial charge in [0.05, 0.1) is 6.54 Å². The van der Waals surface area contributed by atoms with E-state index in [4.69, 9.17) is 5.73 Å². The summed E-state index contributed by atoms with van der Waals surface area (Å²) in [6.45, 7) is -0.323. The molecule has 9 heteroatoms. The van der Waals surface area contributed by atoms with Crippen molar-refractivity contribution in [2.75, 3.05) is 6.54 Å². The van der Waals surface area contributed by atoms with Gasteiger partial charge in [-0.25, -0.2) is 0 Å². The molecule has 18 heavy (non-hydrogen) atoms. The Labute approximate surface area is 102 Å².